The largest absolute Gasteiger partial charge is 0.337 e. The summed E-state index contributed by atoms with van der Waals surface area (Å²) in [5, 5.41) is 0. The number of aromatic nitrogens is 2. The molecule has 0 saturated heterocycles. The van der Waals surface area contributed by atoms with Crippen molar-refractivity contribution in [2.75, 3.05) is 0 Å². The Morgan fingerprint density at radius 3 is 2.53 bits per heavy atom. The number of hydrogen-bond acceptors (Lipinski definition) is 2. The predicted octanol–water partition coefficient (Wildman–Crippen LogP) is 4.22. The fourth-order valence-corrected chi connectivity index (χ4v) is 2.76. The van der Waals surface area contributed by atoms with E-state index in [4.69, 9.17) is 0 Å². The van der Waals surface area contributed by atoms with E-state index >= 15 is 0 Å². The van der Waals surface area contributed by atoms with Crippen LogP contribution in [0.4, 0.5) is 0 Å². The molecule has 86 valence electrons. The zero-order valence-corrected chi connectivity index (χ0v) is 11.0. The molecule has 2 heterocycles. The van der Waals surface area contributed by atoms with Crippen LogP contribution in [0.1, 0.15) is 16.0 Å². The van der Waals surface area contributed by atoms with E-state index in [-0.39, 0.29) is 0 Å². The molecular weight excluding hydrogens is 228 g/mol. The van der Waals surface area contributed by atoms with Crippen LogP contribution in [-0.4, -0.2) is 9.97 Å². The van der Waals surface area contributed by atoms with E-state index in [0.717, 1.165) is 16.9 Å². The van der Waals surface area contributed by atoms with E-state index in [1.54, 1.807) is 11.3 Å². The van der Waals surface area contributed by atoms with Crippen LogP contribution in [-0.2, 0) is 0 Å². The number of imidazole rings is 1. The Bertz CT molecular complexity index is 652. The third-order valence-corrected chi connectivity index (χ3v) is 4.08. The van der Waals surface area contributed by atoms with Crippen molar-refractivity contribution < 1.29 is 0 Å². The Labute approximate surface area is 104 Å². The van der Waals surface area contributed by atoms with E-state index < -0.39 is 0 Å². The lowest BCUT2D eigenvalue weighted by molar-refractivity contribution is 1.35. The van der Waals surface area contributed by atoms with Crippen molar-refractivity contribution in [3.63, 3.8) is 0 Å². The maximum atomic E-state index is 4.65. The molecule has 1 N–H and O–H groups in total. The first-order valence-electron chi connectivity index (χ1n) is 5.67. The standard InChI is InChI=1S/C14H14N2S/c1-8-6-11-12(7-9(8)2)16-14(15-11)13-5-4-10(3)17-13/h4-7H,1-3H3,(H,15,16). The van der Waals surface area contributed by atoms with E-state index in [0.29, 0.717) is 0 Å². The van der Waals surface area contributed by atoms with Crippen LogP contribution in [0.5, 0.6) is 0 Å². The quantitative estimate of drug-likeness (QED) is 0.680. The molecule has 0 aliphatic rings. The first-order valence-corrected chi connectivity index (χ1v) is 6.49. The van der Waals surface area contributed by atoms with Crippen molar-refractivity contribution in [2.24, 2.45) is 0 Å². The summed E-state index contributed by atoms with van der Waals surface area (Å²) in [6.45, 7) is 6.37. The van der Waals surface area contributed by atoms with E-state index in [2.05, 4.69) is 55.0 Å². The molecule has 0 radical (unpaired) electrons. The average Bonchev–Trinajstić information content (AvgIpc) is 2.85. The number of H-pyrrole nitrogens is 1. The van der Waals surface area contributed by atoms with Crippen molar-refractivity contribution in [3.05, 3.63) is 40.3 Å². The van der Waals surface area contributed by atoms with E-state index in [9.17, 15) is 0 Å². The topological polar surface area (TPSA) is 28.7 Å². The summed E-state index contributed by atoms with van der Waals surface area (Å²) in [4.78, 5) is 10.6. The van der Waals surface area contributed by atoms with Crippen LogP contribution < -0.4 is 0 Å². The first-order chi connectivity index (χ1) is 8.13. The summed E-state index contributed by atoms with van der Waals surface area (Å²) < 4.78 is 0. The van der Waals surface area contributed by atoms with Gasteiger partial charge in [0.25, 0.3) is 0 Å². The van der Waals surface area contributed by atoms with Gasteiger partial charge in [0.2, 0.25) is 0 Å². The van der Waals surface area contributed by atoms with Gasteiger partial charge in [-0.25, -0.2) is 4.98 Å². The zero-order chi connectivity index (χ0) is 12.0. The second kappa shape index (κ2) is 3.70. The molecule has 0 bridgehead atoms. The molecule has 0 unspecified atom stereocenters. The number of nitrogens with one attached hydrogen (secondary N) is 1. The second-order valence-corrected chi connectivity index (χ2v) is 5.74. The monoisotopic (exact) mass is 242 g/mol. The number of aryl methyl sites for hydroxylation is 3. The maximum absolute atomic E-state index is 4.65. The van der Waals surface area contributed by atoms with Crippen molar-refractivity contribution >= 4 is 22.4 Å². The van der Waals surface area contributed by atoms with Gasteiger partial charge in [-0.3, -0.25) is 0 Å². The summed E-state index contributed by atoms with van der Waals surface area (Å²) in [6, 6.07) is 8.56. The molecule has 0 spiro atoms. The summed E-state index contributed by atoms with van der Waals surface area (Å²) in [7, 11) is 0. The number of nitrogens with zero attached hydrogens (tertiary/aromatic N) is 1. The minimum absolute atomic E-state index is 0.975. The maximum Gasteiger partial charge on any atom is 0.148 e. The Morgan fingerprint density at radius 1 is 1.06 bits per heavy atom. The minimum atomic E-state index is 0.975. The number of hydrogen-bond donors (Lipinski definition) is 1. The van der Waals surface area contributed by atoms with Gasteiger partial charge in [-0.15, -0.1) is 11.3 Å². The summed E-state index contributed by atoms with van der Waals surface area (Å²) in [5.41, 5.74) is 4.76. The Hall–Kier alpha value is -1.61. The Balaban J connectivity index is 2.19. The number of benzene rings is 1. The molecule has 0 fully saturated rings. The van der Waals surface area contributed by atoms with Gasteiger partial charge in [-0.05, 0) is 56.2 Å². The highest BCUT2D eigenvalue weighted by atomic mass is 32.1. The molecule has 0 atom stereocenters. The third kappa shape index (κ3) is 1.76. The molecule has 3 rings (SSSR count). The van der Waals surface area contributed by atoms with Crippen molar-refractivity contribution in [1.29, 1.82) is 0 Å². The van der Waals surface area contributed by atoms with Gasteiger partial charge >= 0.3 is 0 Å². The smallest absolute Gasteiger partial charge is 0.148 e. The normalized spacial score (nSPS) is 11.2. The van der Waals surface area contributed by atoms with Gasteiger partial charge < -0.3 is 4.98 Å². The molecule has 0 aliphatic carbocycles. The van der Waals surface area contributed by atoms with Gasteiger partial charge in [-0.2, -0.15) is 0 Å². The molecule has 17 heavy (non-hydrogen) atoms. The lowest BCUT2D eigenvalue weighted by atomic mass is 10.1. The molecular formula is C14H14N2S. The molecule has 2 aromatic heterocycles. The van der Waals surface area contributed by atoms with Crippen LogP contribution >= 0.6 is 11.3 Å². The fourth-order valence-electron chi connectivity index (χ4n) is 1.95. The van der Waals surface area contributed by atoms with Gasteiger partial charge in [0.15, 0.2) is 0 Å². The Morgan fingerprint density at radius 2 is 1.82 bits per heavy atom. The summed E-state index contributed by atoms with van der Waals surface area (Å²) >= 11 is 1.77. The minimum Gasteiger partial charge on any atom is -0.337 e. The van der Waals surface area contributed by atoms with Crippen LogP contribution in [0.15, 0.2) is 24.3 Å². The molecule has 3 aromatic rings. The van der Waals surface area contributed by atoms with Gasteiger partial charge in [0, 0.05) is 4.88 Å². The average molecular weight is 242 g/mol. The van der Waals surface area contributed by atoms with Crippen molar-refractivity contribution in [2.45, 2.75) is 20.8 Å². The third-order valence-electron chi connectivity index (χ3n) is 3.07. The number of rotatable bonds is 1. The fraction of sp³-hybridized carbons (Fsp3) is 0.214. The predicted molar refractivity (Wildman–Crippen MR) is 73.6 cm³/mol. The summed E-state index contributed by atoms with van der Waals surface area (Å²) in [6.07, 6.45) is 0. The van der Waals surface area contributed by atoms with Crippen LogP contribution in [0.2, 0.25) is 0 Å². The molecule has 3 heteroatoms. The lowest BCUT2D eigenvalue weighted by Gasteiger charge is -1.97. The molecule has 0 amide bonds. The highest BCUT2D eigenvalue weighted by Gasteiger charge is 2.08. The zero-order valence-electron chi connectivity index (χ0n) is 10.2. The number of fused-ring (bicyclic) bond motifs is 1. The van der Waals surface area contributed by atoms with Gasteiger partial charge in [0.1, 0.15) is 5.82 Å². The SMILES string of the molecule is Cc1ccc(-c2nc3cc(C)c(C)cc3[nH]2)s1. The highest BCUT2D eigenvalue weighted by Crippen LogP contribution is 2.28. The number of aromatic amines is 1. The first kappa shape index (κ1) is 10.5. The molecule has 0 aliphatic heterocycles. The summed E-state index contributed by atoms with van der Waals surface area (Å²) in [5.74, 6) is 0.975. The second-order valence-electron chi connectivity index (χ2n) is 4.45. The lowest BCUT2D eigenvalue weighted by Crippen LogP contribution is -1.79. The van der Waals surface area contributed by atoms with Crippen molar-refractivity contribution in [1.82, 2.24) is 9.97 Å². The molecule has 1 aromatic carbocycles. The van der Waals surface area contributed by atoms with Gasteiger partial charge in [0.05, 0.1) is 15.9 Å². The molecule has 2 nitrogen and oxygen atoms in total. The van der Waals surface area contributed by atoms with E-state index in [1.807, 2.05) is 0 Å². The van der Waals surface area contributed by atoms with Gasteiger partial charge in [-0.1, -0.05) is 0 Å². The van der Waals surface area contributed by atoms with E-state index in [1.165, 1.54) is 20.9 Å². The number of thiophene rings is 1. The molecule has 0 saturated carbocycles. The Kier molecular flexibility index (Phi) is 2.30. The van der Waals surface area contributed by atoms with Crippen molar-refractivity contribution in [3.8, 4) is 10.7 Å². The highest BCUT2D eigenvalue weighted by molar-refractivity contribution is 7.15. The van der Waals surface area contributed by atoms with Crippen LogP contribution in [0.25, 0.3) is 21.7 Å². The van der Waals surface area contributed by atoms with Crippen LogP contribution in [0.3, 0.4) is 0 Å². The van der Waals surface area contributed by atoms with Crippen LogP contribution in [0, 0.1) is 20.8 Å².